The van der Waals surface area contributed by atoms with Crippen molar-refractivity contribution in [2.24, 2.45) is 5.92 Å². The van der Waals surface area contributed by atoms with Crippen molar-refractivity contribution in [3.8, 4) is 0 Å². The van der Waals surface area contributed by atoms with Crippen molar-refractivity contribution in [2.75, 3.05) is 26.3 Å². The quantitative estimate of drug-likeness (QED) is 0.848. The molecule has 0 spiro atoms. The van der Waals surface area contributed by atoms with E-state index >= 15 is 0 Å². The zero-order valence-corrected chi connectivity index (χ0v) is 12.0. The molecule has 0 bridgehead atoms. The number of carbonyl (C=O) groups is 1. The maximum atomic E-state index is 12.4. The van der Waals surface area contributed by atoms with E-state index in [1.807, 2.05) is 24.0 Å². The summed E-state index contributed by atoms with van der Waals surface area (Å²) in [5.41, 5.74) is 0.671. The molecule has 1 saturated heterocycles. The lowest BCUT2D eigenvalue weighted by Gasteiger charge is -2.32. The lowest BCUT2D eigenvalue weighted by molar-refractivity contribution is 0.0501. The molecule has 3 nitrogen and oxygen atoms in total. The van der Waals surface area contributed by atoms with Crippen molar-refractivity contribution in [3.05, 3.63) is 34.9 Å². The number of ether oxygens (including phenoxy) is 1. The van der Waals surface area contributed by atoms with Gasteiger partial charge < -0.3 is 9.64 Å². The van der Waals surface area contributed by atoms with Crippen LogP contribution in [0.15, 0.2) is 24.3 Å². The van der Waals surface area contributed by atoms with E-state index in [4.69, 9.17) is 16.3 Å². The van der Waals surface area contributed by atoms with Crippen molar-refractivity contribution in [1.29, 1.82) is 0 Å². The van der Waals surface area contributed by atoms with Crippen LogP contribution < -0.4 is 0 Å². The number of likely N-dealkylation sites (tertiary alicyclic amines) is 1. The van der Waals surface area contributed by atoms with E-state index in [0.717, 1.165) is 39.1 Å². The molecule has 1 unspecified atom stereocenters. The Kier molecular flexibility index (Phi) is 5.23. The average molecular weight is 282 g/mol. The van der Waals surface area contributed by atoms with E-state index < -0.39 is 0 Å². The van der Waals surface area contributed by atoms with Gasteiger partial charge in [-0.2, -0.15) is 0 Å². The molecule has 104 valence electrons. The highest BCUT2D eigenvalue weighted by Crippen LogP contribution is 2.20. The minimum atomic E-state index is 0.0729. The van der Waals surface area contributed by atoms with Crippen LogP contribution in [0.4, 0.5) is 0 Å². The van der Waals surface area contributed by atoms with E-state index in [0.29, 0.717) is 16.5 Å². The molecule has 1 fully saturated rings. The fourth-order valence-electron chi connectivity index (χ4n) is 2.47. The third-order valence-corrected chi connectivity index (χ3v) is 3.67. The van der Waals surface area contributed by atoms with Gasteiger partial charge in [-0.05, 0) is 43.9 Å². The van der Waals surface area contributed by atoms with Crippen molar-refractivity contribution in [1.82, 2.24) is 4.90 Å². The second-order valence-corrected chi connectivity index (χ2v) is 5.37. The van der Waals surface area contributed by atoms with Crippen LogP contribution in [0.3, 0.4) is 0 Å². The second kappa shape index (κ2) is 6.92. The molecule has 0 N–H and O–H groups in total. The number of nitrogens with zero attached hydrogens (tertiary/aromatic N) is 1. The molecular formula is C15H20ClNO2. The number of carbonyl (C=O) groups excluding carboxylic acids is 1. The third kappa shape index (κ3) is 3.95. The van der Waals surface area contributed by atoms with E-state index in [2.05, 4.69) is 0 Å². The van der Waals surface area contributed by atoms with Crippen molar-refractivity contribution >= 4 is 17.5 Å². The normalized spacial score (nSPS) is 19.5. The van der Waals surface area contributed by atoms with Gasteiger partial charge in [0.2, 0.25) is 0 Å². The summed E-state index contributed by atoms with van der Waals surface area (Å²) in [5, 5.41) is 0.605. The van der Waals surface area contributed by atoms with Crippen LogP contribution in [0.25, 0.3) is 0 Å². The first kappa shape index (κ1) is 14.4. The molecule has 1 amide bonds. The lowest BCUT2D eigenvalue weighted by atomic mass is 9.98. The lowest BCUT2D eigenvalue weighted by Crippen LogP contribution is -2.41. The van der Waals surface area contributed by atoms with E-state index in [9.17, 15) is 4.79 Å². The summed E-state index contributed by atoms with van der Waals surface area (Å²) in [7, 11) is 0. The standard InChI is InChI=1S/C15H20ClNO2/c1-2-19-11-12-5-4-8-17(10-12)15(18)13-6-3-7-14(16)9-13/h3,6-7,9,12H,2,4-5,8,10-11H2,1H3. The monoisotopic (exact) mass is 281 g/mol. The largest absolute Gasteiger partial charge is 0.381 e. The van der Waals surface area contributed by atoms with Gasteiger partial charge in [-0.3, -0.25) is 4.79 Å². The summed E-state index contributed by atoms with van der Waals surface area (Å²) >= 11 is 5.93. The number of benzene rings is 1. The minimum Gasteiger partial charge on any atom is -0.381 e. The Balaban J connectivity index is 1.99. The van der Waals surface area contributed by atoms with Gasteiger partial charge in [0.15, 0.2) is 0 Å². The van der Waals surface area contributed by atoms with E-state index in [1.54, 1.807) is 12.1 Å². The number of rotatable bonds is 4. The Bertz CT molecular complexity index is 436. The minimum absolute atomic E-state index is 0.0729. The Hall–Kier alpha value is -1.06. The van der Waals surface area contributed by atoms with Gasteiger partial charge in [0.05, 0.1) is 6.61 Å². The molecule has 1 aliphatic heterocycles. The van der Waals surface area contributed by atoms with Crippen LogP contribution >= 0.6 is 11.6 Å². The van der Waals surface area contributed by atoms with Gasteiger partial charge in [0.25, 0.3) is 5.91 Å². The number of halogens is 1. The van der Waals surface area contributed by atoms with Gasteiger partial charge >= 0.3 is 0 Å². The Morgan fingerprint density at radius 1 is 1.53 bits per heavy atom. The second-order valence-electron chi connectivity index (χ2n) is 4.93. The van der Waals surface area contributed by atoms with Crippen LogP contribution in [-0.4, -0.2) is 37.1 Å². The highest BCUT2D eigenvalue weighted by molar-refractivity contribution is 6.30. The van der Waals surface area contributed by atoms with Crippen LogP contribution in [-0.2, 0) is 4.74 Å². The molecule has 19 heavy (non-hydrogen) atoms. The first-order valence-electron chi connectivity index (χ1n) is 6.83. The summed E-state index contributed by atoms with van der Waals surface area (Å²) in [5.74, 6) is 0.528. The van der Waals surface area contributed by atoms with Crippen molar-refractivity contribution < 1.29 is 9.53 Å². The molecule has 2 rings (SSSR count). The molecule has 4 heteroatoms. The molecule has 1 atom stereocenters. The van der Waals surface area contributed by atoms with Gasteiger partial charge in [-0.15, -0.1) is 0 Å². The van der Waals surface area contributed by atoms with Gasteiger partial charge in [0.1, 0.15) is 0 Å². The van der Waals surface area contributed by atoms with Gasteiger partial charge in [0, 0.05) is 30.3 Å². The molecule has 1 aromatic carbocycles. The topological polar surface area (TPSA) is 29.5 Å². The molecule has 1 heterocycles. The highest BCUT2D eigenvalue weighted by atomic mass is 35.5. The first-order chi connectivity index (χ1) is 9.20. The SMILES string of the molecule is CCOCC1CCCN(C(=O)c2cccc(Cl)c2)C1. The van der Waals surface area contributed by atoms with Gasteiger partial charge in [-0.1, -0.05) is 17.7 Å². The van der Waals surface area contributed by atoms with Crippen LogP contribution in [0, 0.1) is 5.92 Å². The van der Waals surface area contributed by atoms with Crippen molar-refractivity contribution in [3.63, 3.8) is 0 Å². The summed E-state index contributed by atoms with van der Waals surface area (Å²) in [4.78, 5) is 14.3. The molecule has 0 aromatic heterocycles. The summed E-state index contributed by atoms with van der Waals surface area (Å²) in [6.45, 7) is 5.09. The van der Waals surface area contributed by atoms with Crippen molar-refractivity contribution in [2.45, 2.75) is 19.8 Å². The predicted molar refractivity (Wildman–Crippen MR) is 76.6 cm³/mol. The van der Waals surface area contributed by atoms with E-state index in [-0.39, 0.29) is 5.91 Å². The maximum absolute atomic E-state index is 12.4. The molecular weight excluding hydrogens is 262 g/mol. The number of hydrogen-bond donors (Lipinski definition) is 0. The average Bonchev–Trinajstić information content (AvgIpc) is 2.44. The van der Waals surface area contributed by atoms with Crippen LogP contribution in [0.2, 0.25) is 5.02 Å². The van der Waals surface area contributed by atoms with Crippen LogP contribution in [0.1, 0.15) is 30.1 Å². The summed E-state index contributed by atoms with van der Waals surface area (Å²) in [6, 6.07) is 7.15. The molecule has 0 aliphatic carbocycles. The van der Waals surface area contributed by atoms with Crippen LogP contribution in [0.5, 0.6) is 0 Å². The zero-order valence-electron chi connectivity index (χ0n) is 11.3. The maximum Gasteiger partial charge on any atom is 0.253 e. The van der Waals surface area contributed by atoms with E-state index in [1.165, 1.54) is 0 Å². The number of hydrogen-bond acceptors (Lipinski definition) is 2. The highest BCUT2D eigenvalue weighted by Gasteiger charge is 2.24. The fourth-order valence-corrected chi connectivity index (χ4v) is 2.66. The zero-order chi connectivity index (χ0) is 13.7. The summed E-state index contributed by atoms with van der Waals surface area (Å²) < 4.78 is 5.47. The molecule has 1 aromatic rings. The molecule has 0 radical (unpaired) electrons. The predicted octanol–water partition coefficient (Wildman–Crippen LogP) is 3.23. The third-order valence-electron chi connectivity index (χ3n) is 3.44. The summed E-state index contributed by atoms with van der Waals surface area (Å²) in [6.07, 6.45) is 2.18. The Labute approximate surface area is 119 Å². The first-order valence-corrected chi connectivity index (χ1v) is 7.21. The fraction of sp³-hybridized carbons (Fsp3) is 0.533. The smallest absolute Gasteiger partial charge is 0.253 e. The Morgan fingerprint density at radius 3 is 3.11 bits per heavy atom. The number of amides is 1. The Morgan fingerprint density at radius 2 is 2.37 bits per heavy atom. The van der Waals surface area contributed by atoms with Gasteiger partial charge in [-0.25, -0.2) is 0 Å². The number of piperidine rings is 1. The molecule has 0 saturated carbocycles. The molecule has 1 aliphatic rings.